The van der Waals surface area contributed by atoms with Crippen molar-refractivity contribution in [3.05, 3.63) is 70.7 Å². The van der Waals surface area contributed by atoms with Gasteiger partial charge in [-0.15, -0.1) is 0 Å². The van der Waals surface area contributed by atoms with Gasteiger partial charge in [0.1, 0.15) is 12.6 Å². The van der Waals surface area contributed by atoms with Gasteiger partial charge < -0.3 is 34.8 Å². The number of aliphatic hydroxyl groups is 1. The van der Waals surface area contributed by atoms with Crippen LogP contribution < -0.4 is 16.0 Å². The summed E-state index contributed by atoms with van der Waals surface area (Å²) in [6, 6.07) is 14.4. The first-order valence-corrected chi connectivity index (χ1v) is 19.0. The Hall–Kier alpha value is -2.95. The Morgan fingerprint density at radius 1 is 0.979 bits per heavy atom. The molecule has 3 amide bonds. The van der Waals surface area contributed by atoms with Gasteiger partial charge in [-0.25, -0.2) is 4.79 Å². The monoisotopic (exact) mass is 705 g/mol. The molecule has 0 aromatic heterocycles. The van der Waals surface area contributed by atoms with Crippen LogP contribution in [-0.4, -0.2) is 60.2 Å². The highest BCUT2D eigenvalue weighted by Crippen LogP contribution is 2.53. The first kappa shape index (κ1) is 37.9. The first-order chi connectivity index (χ1) is 23.1. The van der Waals surface area contributed by atoms with Crippen LogP contribution in [0, 0.1) is 11.8 Å². The molecule has 2 aromatic rings. The quantitative estimate of drug-likeness (QED) is 0.144. The maximum Gasteiger partial charge on any atom is 0.408 e. The van der Waals surface area contributed by atoms with Crippen LogP contribution in [0.3, 0.4) is 0 Å². The van der Waals surface area contributed by atoms with Gasteiger partial charge in [-0.05, 0) is 68.7 Å². The van der Waals surface area contributed by atoms with Crippen molar-refractivity contribution >= 4 is 37.1 Å². The summed E-state index contributed by atoms with van der Waals surface area (Å²) >= 11 is 6.06. The van der Waals surface area contributed by atoms with Crippen molar-refractivity contribution in [2.24, 2.45) is 11.8 Å². The van der Waals surface area contributed by atoms with E-state index in [4.69, 9.17) is 25.4 Å². The van der Waals surface area contributed by atoms with Gasteiger partial charge in [-0.3, -0.25) is 14.2 Å². The van der Waals surface area contributed by atoms with Crippen molar-refractivity contribution in [2.45, 2.75) is 102 Å². The summed E-state index contributed by atoms with van der Waals surface area (Å²) in [4.78, 5) is 40.1. The largest absolute Gasteiger partial charge is 0.445 e. The summed E-state index contributed by atoms with van der Waals surface area (Å²) in [5, 5.41) is 20.6. The van der Waals surface area contributed by atoms with Gasteiger partial charge in [-0.2, -0.15) is 0 Å². The molecular weight excluding hydrogens is 657 g/mol. The van der Waals surface area contributed by atoms with Crippen LogP contribution in [0.5, 0.6) is 0 Å². The lowest BCUT2D eigenvalue weighted by Crippen LogP contribution is -2.54. The molecule has 2 aromatic carbocycles. The Kier molecular flexibility index (Phi) is 14.8. The van der Waals surface area contributed by atoms with E-state index in [1.807, 2.05) is 30.3 Å². The fourth-order valence-corrected chi connectivity index (χ4v) is 8.58. The molecule has 0 spiro atoms. The topological polar surface area (TPSA) is 152 Å². The maximum absolute atomic E-state index is 14.0. The lowest BCUT2D eigenvalue weighted by molar-refractivity contribution is -0.126. The van der Waals surface area contributed by atoms with Crippen LogP contribution in [-0.2, 0) is 41.0 Å². The van der Waals surface area contributed by atoms with E-state index in [9.17, 15) is 24.1 Å². The molecule has 13 heteroatoms. The van der Waals surface area contributed by atoms with E-state index >= 15 is 0 Å². The summed E-state index contributed by atoms with van der Waals surface area (Å²) in [7, 11) is -4.12. The molecule has 48 heavy (non-hydrogen) atoms. The zero-order chi connectivity index (χ0) is 34.5. The Bertz CT molecular complexity index is 1380. The minimum atomic E-state index is -4.12. The van der Waals surface area contributed by atoms with Gasteiger partial charge in [0.2, 0.25) is 11.8 Å². The molecule has 1 saturated carbocycles. The van der Waals surface area contributed by atoms with E-state index in [1.54, 1.807) is 38.1 Å². The highest BCUT2D eigenvalue weighted by molar-refractivity contribution is 7.54. The molecule has 5 unspecified atom stereocenters. The van der Waals surface area contributed by atoms with E-state index in [-0.39, 0.29) is 44.1 Å². The molecule has 1 aliphatic carbocycles. The predicted octanol–water partition coefficient (Wildman–Crippen LogP) is 6.11. The second-order valence-electron chi connectivity index (χ2n) is 12.6. The third kappa shape index (κ3) is 11.3. The number of hydrogen-bond acceptors (Lipinski definition) is 8. The van der Waals surface area contributed by atoms with Crippen LogP contribution in [0.15, 0.2) is 54.6 Å². The molecule has 11 nitrogen and oxygen atoms in total. The minimum Gasteiger partial charge on any atom is -0.445 e. The summed E-state index contributed by atoms with van der Waals surface area (Å²) in [5.74, 6) is -2.94. The molecular formula is C35H49ClN3O8P. The van der Waals surface area contributed by atoms with Crippen molar-refractivity contribution in [3.8, 4) is 0 Å². The minimum absolute atomic E-state index is 0.00238. The van der Waals surface area contributed by atoms with Crippen molar-refractivity contribution in [1.82, 2.24) is 16.0 Å². The third-order valence-electron chi connectivity index (χ3n) is 8.94. The van der Waals surface area contributed by atoms with Gasteiger partial charge in [0.25, 0.3) is 0 Å². The number of benzene rings is 2. The van der Waals surface area contributed by atoms with Gasteiger partial charge in [0, 0.05) is 17.0 Å². The van der Waals surface area contributed by atoms with Crippen molar-refractivity contribution < 1.29 is 37.8 Å². The molecule has 4 N–H and O–H groups in total. The smallest absolute Gasteiger partial charge is 0.408 e. The number of rotatable bonds is 17. The molecule has 1 aliphatic heterocycles. The van der Waals surface area contributed by atoms with E-state index in [0.717, 1.165) is 37.7 Å². The van der Waals surface area contributed by atoms with Crippen LogP contribution >= 0.6 is 19.2 Å². The number of amides is 3. The van der Waals surface area contributed by atoms with E-state index in [1.165, 1.54) is 0 Å². The first-order valence-electron chi connectivity index (χ1n) is 17.0. The lowest BCUT2D eigenvalue weighted by atomic mass is 9.84. The fourth-order valence-electron chi connectivity index (χ4n) is 6.63. The average Bonchev–Trinajstić information content (AvgIpc) is 3.41. The third-order valence-corrected chi connectivity index (χ3v) is 11.4. The zero-order valence-electron chi connectivity index (χ0n) is 27.8. The van der Waals surface area contributed by atoms with Crippen LogP contribution in [0.25, 0.3) is 0 Å². The normalized spacial score (nSPS) is 20.4. The molecule has 4 rings (SSSR count). The molecule has 5 atom stereocenters. The Labute approximate surface area is 288 Å². The number of aliphatic hydroxyl groups excluding tert-OH is 1. The standard InChI is InChI=1S/C35H49ClN3O8P/c1-3-46-48(44,47-4-2)34(42)31(22-27-21-29(37-32(27)40)19-24-12-7-5-8-13-24)38-33(41)30(20-25-14-9-6-10-15-25)39-35(43)45-23-26-16-11-17-28(36)18-26/h5,7-8,11-13,16-18,25,27,29-31,34,42H,3-4,6,9-10,14-15,19-23H2,1-2H3,(H,37,40)(H,38,41)(H,39,43). The van der Waals surface area contributed by atoms with E-state index < -0.39 is 43.4 Å². The van der Waals surface area contributed by atoms with Crippen molar-refractivity contribution in [2.75, 3.05) is 13.2 Å². The highest BCUT2D eigenvalue weighted by atomic mass is 35.5. The Balaban J connectivity index is 1.51. The second-order valence-corrected chi connectivity index (χ2v) is 15.2. The maximum atomic E-state index is 14.0. The molecule has 0 radical (unpaired) electrons. The number of carbonyl (C=O) groups is 3. The second kappa shape index (κ2) is 18.7. The van der Waals surface area contributed by atoms with Gasteiger partial charge in [-0.1, -0.05) is 86.2 Å². The fraction of sp³-hybridized carbons (Fsp3) is 0.571. The predicted molar refractivity (Wildman–Crippen MR) is 183 cm³/mol. The van der Waals surface area contributed by atoms with Crippen LogP contribution in [0.1, 0.15) is 76.3 Å². The lowest BCUT2D eigenvalue weighted by Gasteiger charge is -2.32. The molecule has 2 fully saturated rings. The molecule has 0 bridgehead atoms. The van der Waals surface area contributed by atoms with Crippen LogP contribution in [0.4, 0.5) is 4.79 Å². The number of carbonyl (C=O) groups excluding carboxylic acids is 3. The summed E-state index contributed by atoms with van der Waals surface area (Å²) in [6.07, 6.45) is 5.69. The molecule has 2 aliphatic rings. The van der Waals surface area contributed by atoms with Gasteiger partial charge in [0.05, 0.1) is 19.3 Å². The van der Waals surface area contributed by atoms with Crippen LogP contribution in [0.2, 0.25) is 5.02 Å². The zero-order valence-corrected chi connectivity index (χ0v) is 29.4. The Morgan fingerprint density at radius 2 is 1.67 bits per heavy atom. The number of ether oxygens (including phenoxy) is 1. The summed E-state index contributed by atoms with van der Waals surface area (Å²) < 4.78 is 30.1. The SMILES string of the molecule is CCOP(=O)(OCC)C(O)C(CC1CC(Cc2ccccc2)NC1=O)NC(=O)C(CC1CCCCC1)NC(=O)OCc1cccc(Cl)c1. The number of nitrogens with one attached hydrogen (secondary N) is 3. The highest BCUT2D eigenvalue weighted by Gasteiger charge is 2.44. The number of halogens is 1. The van der Waals surface area contributed by atoms with Gasteiger partial charge >= 0.3 is 13.7 Å². The van der Waals surface area contributed by atoms with Crippen molar-refractivity contribution in [3.63, 3.8) is 0 Å². The summed E-state index contributed by atoms with van der Waals surface area (Å²) in [5.41, 5.74) is 1.77. The number of hydrogen-bond donors (Lipinski definition) is 4. The number of alkyl carbamates (subject to hydrolysis) is 1. The molecule has 1 heterocycles. The van der Waals surface area contributed by atoms with E-state index in [0.29, 0.717) is 29.8 Å². The average molecular weight is 706 g/mol. The summed E-state index contributed by atoms with van der Waals surface area (Å²) in [6.45, 7) is 3.22. The Morgan fingerprint density at radius 3 is 2.33 bits per heavy atom. The van der Waals surface area contributed by atoms with E-state index in [2.05, 4.69) is 16.0 Å². The van der Waals surface area contributed by atoms with Crippen molar-refractivity contribution in [1.29, 1.82) is 0 Å². The molecule has 1 saturated heterocycles. The van der Waals surface area contributed by atoms with Gasteiger partial charge in [0.15, 0.2) is 5.85 Å². The molecule has 264 valence electrons.